The fourth-order valence-corrected chi connectivity index (χ4v) is 2.94. The number of hydrogen-bond acceptors (Lipinski definition) is 4. The largest absolute Gasteiger partial charge is 0.479 e. The first-order valence-corrected chi connectivity index (χ1v) is 6.85. The second kappa shape index (κ2) is 5.46. The molecule has 1 unspecified atom stereocenters. The van der Waals surface area contributed by atoms with Gasteiger partial charge in [0.05, 0.1) is 5.92 Å². The maximum atomic E-state index is 12.3. The van der Waals surface area contributed by atoms with Crippen LogP contribution in [-0.2, 0) is 9.59 Å². The Morgan fingerprint density at radius 2 is 1.84 bits per heavy atom. The number of piperidine rings is 2. The number of carboxylic acids is 1. The zero-order valence-corrected chi connectivity index (χ0v) is 11.3. The standard InChI is InChI=1S/C13H22N2O4/c1-14-6-2-3-10(9-14)11(16)15-7-4-13(19,5-8-15)12(17)18/h10,19H,2-9H2,1H3,(H,17,18). The molecule has 0 bridgehead atoms. The fourth-order valence-electron chi connectivity index (χ4n) is 2.94. The van der Waals surface area contributed by atoms with Gasteiger partial charge in [-0.05, 0) is 26.4 Å². The molecule has 2 heterocycles. The quantitative estimate of drug-likeness (QED) is 0.724. The first-order valence-electron chi connectivity index (χ1n) is 6.85. The third-order valence-corrected chi connectivity index (χ3v) is 4.27. The van der Waals surface area contributed by atoms with E-state index in [2.05, 4.69) is 4.90 Å². The van der Waals surface area contributed by atoms with Crippen molar-refractivity contribution in [3.05, 3.63) is 0 Å². The molecule has 2 N–H and O–H groups in total. The highest BCUT2D eigenvalue weighted by molar-refractivity contribution is 5.81. The number of aliphatic carboxylic acids is 1. The van der Waals surface area contributed by atoms with Crippen LogP contribution in [0.5, 0.6) is 0 Å². The van der Waals surface area contributed by atoms with Gasteiger partial charge in [-0.25, -0.2) is 4.79 Å². The smallest absolute Gasteiger partial charge is 0.335 e. The number of nitrogens with zero attached hydrogens (tertiary/aromatic N) is 2. The van der Waals surface area contributed by atoms with Crippen molar-refractivity contribution in [2.45, 2.75) is 31.3 Å². The van der Waals surface area contributed by atoms with Crippen molar-refractivity contribution in [3.63, 3.8) is 0 Å². The summed E-state index contributed by atoms with van der Waals surface area (Å²) < 4.78 is 0. The Balaban J connectivity index is 1.90. The number of likely N-dealkylation sites (tertiary alicyclic amines) is 2. The van der Waals surface area contributed by atoms with Crippen molar-refractivity contribution in [3.8, 4) is 0 Å². The molecule has 0 saturated carbocycles. The van der Waals surface area contributed by atoms with Crippen molar-refractivity contribution in [1.82, 2.24) is 9.80 Å². The van der Waals surface area contributed by atoms with E-state index in [-0.39, 0.29) is 24.7 Å². The lowest BCUT2D eigenvalue weighted by molar-refractivity contribution is -0.166. The Bertz CT molecular complexity index is 364. The van der Waals surface area contributed by atoms with Gasteiger partial charge < -0.3 is 20.0 Å². The molecule has 108 valence electrons. The molecule has 19 heavy (non-hydrogen) atoms. The number of aliphatic hydroxyl groups is 1. The third-order valence-electron chi connectivity index (χ3n) is 4.27. The highest BCUT2D eigenvalue weighted by atomic mass is 16.4. The van der Waals surface area contributed by atoms with Crippen LogP contribution in [0.2, 0.25) is 0 Å². The molecule has 0 aromatic rings. The third kappa shape index (κ3) is 3.06. The van der Waals surface area contributed by atoms with Crippen LogP contribution >= 0.6 is 0 Å². The monoisotopic (exact) mass is 270 g/mol. The van der Waals surface area contributed by atoms with E-state index in [9.17, 15) is 14.7 Å². The highest BCUT2D eigenvalue weighted by Gasteiger charge is 2.41. The Morgan fingerprint density at radius 1 is 1.21 bits per heavy atom. The maximum absolute atomic E-state index is 12.3. The minimum atomic E-state index is -1.65. The first-order chi connectivity index (χ1) is 8.92. The first kappa shape index (κ1) is 14.3. The SMILES string of the molecule is CN1CCCC(C(=O)N2CCC(O)(C(=O)O)CC2)C1. The van der Waals surface area contributed by atoms with Gasteiger partial charge in [-0.15, -0.1) is 0 Å². The van der Waals surface area contributed by atoms with Gasteiger partial charge in [-0.3, -0.25) is 4.79 Å². The lowest BCUT2D eigenvalue weighted by Crippen LogP contribution is -2.53. The number of carbonyl (C=O) groups is 2. The average Bonchev–Trinajstić information content (AvgIpc) is 2.38. The number of hydrogen-bond donors (Lipinski definition) is 2. The molecular weight excluding hydrogens is 248 g/mol. The molecule has 0 aliphatic carbocycles. The van der Waals surface area contributed by atoms with E-state index >= 15 is 0 Å². The van der Waals surface area contributed by atoms with Gasteiger partial charge in [-0.2, -0.15) is 0 Å². The lowest BCUT2D eigenvalue weighted by atomic mass is 9.90. The molecule has 0 aromatic carbocycles. The Morgan fingerprint density at radius 3 is 2.37 bits per heavy atom. The zero-order chi connectivity index (χ0) is 14.0. The van der Waals surface area contributed by atoms with Crippen molar-refractivity contribution < 1.29 is 19.8 Å². The van der Waals surface area contributed by atoms with Crippen LogP contribution < -0.4 is 0 Å². The van der Waals surface area contributed by atoms with Crippen molar-refractivity contribution in [2.24, 2.45) is 5.92 Å². The van der Waals surface area contributed by atoms with Crippen LogP contribution in [0, 0.1) is 5.92 Å². The normalized spacial score (nSPS) is 28.1. The van der Waals surface area contributed by atoms with E-state index in [0.29, 0.717) is 13.1 Å². The van der Waals surface area contributed by atoms with Crippen molar-refractivity contribution in [1.29, 1.82) is 0 Å². The van der Waals surface area contributed by atoms with E-state index in [1.54, 1.807) is 4.90 Å². The summed E-state index contributed by atoms with van der Waals surface area (Å²) >= 11 is 0. The summed E-state index contributed by atoms with van der Waals surface area (Å²) in [5, 5.41) is 18.8. The van der Waals surface area contributed by atoms with Gasteiger partial charge in [0.1, 0.15) is 0 Å². The molecule has 2 aliphatic heterocycles. The van der Waals surface area contributed by atoms with Crippen molar-refractivity contribution in [2.75, 3.05) is 33.2 Å². The minimum Gasteiger partial charge on any atom is -0.479 e. The predicted molar refractivity (Wildman–Crippen MR) is 68.6 cm³/mol. The van der Waals surface area contributed by atoms with Crippen LogP contribution in [0.15, 0.2) is 0 Å². The Labute approximate surface area is 113 Å². The molecule has 6 heteroatoms. The second-order valence-electron chi connectivity index (χ2n) is 5.76. The molecule has 0 aromatic heterocycles. The molecule has 2 fully saturated rings. The summed E-state index contributed by atoms with van der Waals surface area (Å²) in [5.41, 5.74) is -1.65. The molecule has 1 atom stereocenters. The summed E-state index contributed by atoms with van der Waals surface area (Å²) in [5.74, 6) is -1.05. The number of amides is 1. The molecule has 2 rings (SSSR count). The maximum Gasteiger partial charge on any atom is 0.335 e. The van der Waals surface area contributed by atoms with Crippen LogP contribution in [0.25, 0.3) is 0 Å². The van der Waals surface area contributed by atoms with Gasteiger partial charge in [0.15, 0.2) is 5.60 Å². The summed E-state index contributed by atoms with van der Waals surface area (Å²) in [7, 11) is 2.01. The van der Waals surface area contributed by atoms with Gasteiger partial charge in [0, 0.05) is 32.5 Å². The summed E-state index contributed by atoms with van der Waals surface area (Å²) in [6.07, 6.45) is 2.18. The zero-order valence-electron chi connectivity index (χ0n) is 11.3. The van der Waals surface area contributed by atoms with Crippen LogP contribution in [0.3, 0.4) is 0 Å². The van der Waals surface area contributed by atoms with E-state index in [4.69, 9.17) is 5.11 Å². The second-order valence-corrected chi connectivity index (χ2v) is 5.76. The van der Waals surface area contributed by atoms with Crippen LogP contribution in [0.1, 0.15) is 25.7 Å². The van der Waals surface area contributed by atoms with Gasteiger partial charge in [-0.1, -0.05) is 0 Å². The number of carboxylic acid groups (broad SMARTS) is 1. The number of carbonyl (C=O) groups excluding carboxylic acids is 1. The van der Waals surface area contributed by atoms with E-state index in [0.717, 1.165) is 25.9 Å². The van der Waals surface area contributed by atoms with E-state index in [1.807, 2.05) is 7.05 Å². The average molecular weight is 270 g/mol. The minimum absolute atomic E-state index is 0.0229. The summed E-state index contributed by atoms with van der Waals surface area (Å²) in [4.78, 5) is 27.2. The van der Waals surface area contributed by atoms with Gasteiger partial charge in [0.25, 0.3) is 0 Å². The van der Waals surface area contributed by atoms with E-state index in [1.165, 1.54) is 0 Å². The van der Waals surface area contributed by atoms with Gasteiger partial charge >= 0.3 is 5.97 Å². The molecule has 0 radical (unpaired) electrons. The highest BCUT2D eigenvalue weighted by Crippen LogP contribution is 2.25. The van der Waals surface area contributed by atoms with Crippen LogP contribution in [-0.4, -0.2) is 70.7 Å². The van der Waals surface area contributed by atoms with Crippen molar-refractivity contribution >= 4 is 11.9 Å². The molecule has 2 aliphatic rings. The fraction of sp³-hybridized carbons (Fsp3) is 0.846. The number of rotatable bonds is 2. The summed E-state index contributed by atoms with van der Waals surface area (Å²) in [6.45, 7) is 2.48. The van der Waals surface area contributed by atoms with E-state index < -0.39 is 11.6 Å². The van der Waals surface area contributed by atoms with Gasteiger partial charge in [0.2, 0.25) is 5.91 Å². The Hall–Kier alpha value is -1.14. The lowest BCUT2D eigenvalue weighted by Gasteiger charge is -2.38. The topological polar surface area (TPSA) is 81.1 Å². The molecule has 2 saturated heterocycles. The summed E-state index contributed by atoms with van der Waals surface area (Å²) in [6, 6.07) is 0. The predicted octanol–water partition coefficient (Wildman–Crippen LogP) is -0.234. The molecule has 0 spiro atoms. The molecule has 6 nitrogen and oxygen atoms in total. The molecular formula is C13H22N2O4. The van der Waals surface area contributed by atoms with Crippen LogP contribution in [0.4, 0.5) is 0 Å². The Kier molecular flexibility index (Phi) is 4.10. The molecule has 1 amide bonds.